The Kier molecular flexibility index (Phi) is 3.79. The first-order valence-electron chi connectivity index (χ1n) is 7.42. The van der Waals surface area contributed by atoms with Crippen LogP contribution in [-0.2, 0) is 4.79 Å². The molecule has 2 aromatic rings. The van der Waals surface area contributed by atoms with Gasteiger partial charge in [0.25, 0.3) is 5.91 Å². The van der Waals surface area contributed by atoms with E-state index >= 15 is 0 Å². The van der Waals surface area contributed by atoms with Crippen LogP contribution in [0.2, 0.25) is 0 Å². The van der Waals surface area contributed by atoms with Crippen molar-refractivity contribution in [3.63, 3.8) is 0 Å². The monoisotopic (exact) mass is 302 g/mol. The number of carboxylic acids is 1. The fourth-order valence-electron chi connectivity index (χ4n) is 3.14. The SMILES string of the molecule is CCCC1CN(C(=O)c2ccc3n[nH]nc3c2)CC1C(=O)O. The number of benzene rings is 1. The fraction of sp³-hybridized carbons (Fsp3) is 0.467. The molecule has 2 N–H and O–H groups in total. The molecule has 2 atom stereocenters. The van der Waals surface area contributed by atoms with E-state index in [1.54, 1.807) is 23.1 Å². The number of aromatic nitrogens is 3. The van der Waals surface area contributed by atoms with Gasteiger partial charge in [0.05, 0.1) is 5.92 Å². The molecule has 1 aromatic carbocycles. The van der Waals surface area contributed by atoms with E-state index in [-0.39, 0.29) is 18.4 Å². The number of H-pyrrole nitrogens is 1. The second kappa shape index (κ2) is 5.75. The van der Waals surface area contributed by atoms with Crippen LogP contribution in [0.25, 0.3) is 11.0 Å². The first-order chi connectivity index (χ1) is 10.6. The summed E-state index contributed by atoms with van der Waals surface area (Å²) in [5, 5.41) is 19.8. The lowest BCUT2D eigenvalue weighted by molar-refractivity contribution is -0.142. The van der Waals surface area contributed by atoms with E-state index in [4.69, 9.17) is 0 Å². The van der Waals surface area contributed by atoms with Gasteiger partial charge in [-0.2, -0.15) is 15.4 Å². The van der Waals surface area contributed by atoms with Gasteiger partial charge < -0.3 is 10.0 Å². The lowest BCUT2D eigenvalue weighted by Gasteiger charge is -2.16. The Morgan fingerprint density at radius 1 is 1.32 bits per heavy atom. The molecular weight excluding hydrogens is 284 g/mol. The molecular formula is C15H18N4O3. The molecule has 1 saturated heterocycles. The Hall–Kier alpha value is -2.44. The van der Waals surface area contributed by atoms with Gasteiger partial charge in [-0.1, -0.05) is 13.3 Å². The van der Waals surface area contributed by atoms with Crippen molar-refractivity contribution in [2.75, 3.05) is 13.1 Å². The molecule has 1 fully saturated rings. The molecule has 2 heterocycles. The lowest BCUT2D eigenvalue weighted by Crippen LogP contribution is -2.29. The highest BCUT2D eigenvalue weighted by molar-refractivity contribution is 5.97. The number of hydrogen-bond acceptors (Lipinski definition) is 4. The fourth-order valence-corrected chi connectivity index (χ4v) is 3.14. The molecule has 3 rings (SSSR count). The average molecular weight is 302 g/mol. The number of likely N-dealkylation sites (tertiary alicyclic amines) is 1. The smallest absolute Gasteiger partial charge is 0.308 e. The van der Waals surface area contributed by atoms with Crippen LogP contribution in [0.15, 0.2) is 18.2 Å². The maximum Gasteiger partial charge on any atom is 0.308 e. The van der Waals surface area contributed by atoms with Crippen molar-refractivity contribution < 1.29 is 14.7 Å². The number of aliphatic carboxylic acids is 1. The van der Waals surface area contributed by atoms with Gasteiger partial charge in [0.2, 0.25) is 0 Å². The second-order valence-electron chi connectivity index (χ2n) is 5.73. The molecule has 1 aliphatic heterocycles. The predicted molar refractivity (Wildman–Crippen MR) is 79.3 cm³/mol. The number of rotatable bonds is 4. The maximum absolute atomic E-state index is 12.6. The minimum Gasteiger partial charge on any atom is -0.481 e. The molecule has 1 aromatic heterocycles. The van der Waals surface area contributed by atoms with Crippen LogP contribution in [0, 0.1) is 11.8 Å². The number of carbonyl (C=O) groups is 2. The van der Waals surface area contributed by atoms with Crippen molar-refractivity contribution in [1.29, 1.82) is 0 Å². The minimum absolute atomic E-state index is 0.0298. The van der Waals surface area contributed by atoms with Gasteiger partial charge in [-0.05, 0) is 30.5 Å². The molecule has 116 valence electrons. The van der Waals surface area contributed by atoms with E-state index in [2.05, 4.69) is 15.4 Å². The number of fused-ring (bicyclic) bond motifs is 1. The standard InChI is InChI=1S/C15H18N4O3/c1-2-3-10-7-19(8-11(10)15(21)22)14(20)9-4-5-12-13(6-9)17-18-16-12/h4-6,10-11H,2-3,7-8H2,1H3,(H,21,22)(H,16,17,18). The highest BCUT2D eigenvalue weighted by Gasteiger charge is 2.39. The number of nitrogens with zero attached hydrogens (tertiary/aromatic N) is 3. The van der Waals surface area contributed by atoms with Gasteiger partial charge in [0, 0.05) is 18.7 Å². The Bertz CT molecular complexity index is 712. The number of carbonyl (C=O) groups excluding carboxylic acids is 1. The molecule has 7 heteroatoms. The van der Waals surface area contributed by atoms with E-state index in [0.29, 0.717) is 23.1 Å². The van der Waals surface area contributed by atoms with Crippen molar-refractivity contribution in [3.05, 3.63) is 23.8 Å². The lowest BCUT2D eigenvalue weighted by atomic mass is 9.92. The van der Waals surface area contributed by atoms with Crippen molar-refractivity contribution in [3.8, 4) is 0 Å². The van der Waals surface area contributed by atoms with Crippen LogP contribution in [0.4, 0.5) is 0 Å². The van der Waals surface area contributed by atoms with Crippen molar-refractivity contribution >= 4 is 22.9 Å². The molecule has 0 aliphatic carbocycles. The molecule has 1 aliphatic rings. The van der Waals surface area contributed by atoms with Crippen molar-refractivity contribution in [1.82, 2.24) is 20.3 Å². The summed E-state index contributed by atoms with van der Waals surface area (Å²) in [7, 11) is 0. The first-order valence-corrected chi connectivity index (χ1v) is 7.42. The number of nitrogens with one attached hydrogen (secondary N) is 1. The van der Waals surface area contributed by atoms with Gasteiger partial charge in [0.15, 0.2) is 0 Å². The number of hydrogen-bond donors (Lipinski definition) is 2. The summed E-state index contributed by atoms with van der Waals surface area (Å²) >= 11 is 0. The van der Waals surface area contributed by atoms with E-state index < -0.39 is 11.9 Å². The van der Waals surface area contributed by atoms with E-state index in [0.717, 1.165) is 12.8 Å². The van der Waals surface area contributed by atoms with Gasteiger partial charge in [0.1, 0.15) is 11.0 Å². The van der Waals surface area contributed by atoms with Crippen LogP contribution >= 0.6 is 0 Å². The minimum atomic E-state index is -0.819. The zero-order valence-electron chi connectivity index (χ0n) is 12.3. The molecule has 0 bridgehead atoms. The highest BCUT2D eigenvalue weighted by Crippen LogP contribution is 2.29. The van der Waals surface area contributed by atoms with Crippen molar-refractivity contribution in [2.45, 2.75) is 19.8 Å². The Morgan fingerprint density at radius 3 is 2.82 bits per heavy atom. The highest BCUT2D eigenvalue weighted by atomic mass is 16.4. The first kappa shape index (κ1) is 14.5. The average Bonchev–Trinajstić information content (AvgIpc) is 3.12. The molecule has 2 unspecified atom stereocenters. The van der Waals surface area contributed by atoms with E-state index in [9.17, 15) is 14.7 Å². The largest absolute Gasteiger partial charge is 0.481 e. The van der Waals surface area contributed by atoms with Crippen LogP contribution < -0.4 is 0 Å². The summed E-state index contributed by atoms with van der Waals surface area (Å²) in [5.41, 5.74) is 1.85. The maximum atomic E-state index is 12.6. The van der Waals surface area contributed by atoms with Gasteiger partial charge >= 0.3 is 5.97 Å². The molecule has 0 saturated carbocycles. The number of aromatic amines is 1. The third-order valence-electron chi connectivity index (χ3n) is 4.27. The third kappa shape index (κ3) is 2.54. The molecule has 1 amide bonds. The molecule has 0 radical (unpaired) electrons. The zero-order valence-corrected chi connectivity index (χ0v) is 12.3. The Morgan fingerprint density at radius 2 is 2.09 bits per heavy atom. The quantitative estimate of drug-likeness (QED) is 0.892. The number of amides is 1. The molecule has 0 spiro atoms. The Labute approximate surface area is 127 Å². The second-order valence-corrected chi connectivity index (χ2v) is 5.73. The topological polar surface area (TPSA) is 99.2 Å². The number of carboxylic acid groups (broad SMARTS) is 1. The van der Waals surface area contributed by atoms with E-state index in [1.807, 2.05) is 6.92 Å². The predicted octanol–water partition coefficient (Wildman–Crippen LogP) is 1.53. The van der Waals surface area contributed by atoms with Gasteiger partial charge in [-0.3, -0.25) is 9.59 Å². The summed E-state index contributed by atoms with van der Waals surface area (Å²) < 4.78 is 0. The third-order valence-corrected chi connectivity index (χ3v) is 4.27. The Balaban J connectivity index is 1.81. The normalized spacial score (nSPS) is 21.4. The van der Waals surface area contributed by atoms with Crippen LogP contribution in [0.5, 0.6) is 0 Å². The summed E-state index contributed by atoms with van der Waals surface area (Å²) in [6.07, 6.45) is 1.74. The van der Waals surface area contributed by atoms with Crippen LogP contribution in [0.1, 0.15) is 30.1 Å². The van der Waals surface area contributed by atoms with Crippen molar-refractivity contribution in [2.24, 2.45) is 11.8 Å². The van der Waals surface area contributed by atoms with Crippen LogP contribution in [-0.4, -0.2) is 50.4 Å². The van der Waals surface area contributed by atoms with Gasteiger partial charge in [-0.15, -0.1) is 0 Å². The molecule has 22 heavy (non-hydrogen) atoms. The summed E-state index contributed by atoms with van der Waals surface area (Å²) in [6.45, 7) is 2.80. The summed E-state index contributed by atoms with van der Waals surface area (Å²) in [6, 6.07) is 5.13. The van der Waals surface area contributed by atoms with E-state index in [1.165, 1.54) is 0 Å². The summed E-state index contributed by atoms with van der Waals surface area (Å²) in [5.74, 6) is -1.41. The van der Waals surface area contributed by atoms with Gasteiger partial charge in [-0.25, -0.2) is 0 Å². The molecule has 7 nitrogen and oxygen atoms in total. The van der Waals surface area contributed by atoms with Crippen LogP contribution in [0.3, 0.4) is 0 Å². The zero-order chi connectivity index (χ0) is 15.7. The summed E-state index contributed by atoms with van der Waals surface area (Å²) in [4.78, 5) is 25.6.